The van der Waals surface area contributed by atoms with Crippen LogP contribution in [0.3, 0.4) is 0 Å². The number of fused-ring (bicyclic) bond motifs is 1. The quantitative estimate of drug-likeness (QED) is 0.350. The number of hydrogen-bond acceptors (Lipinski definition) is 9. The molecule has 5 N–H and O–H groups in total. The third-order valence-corrected chi connectivity index (χ3v) is 5.85. The van der Waals surface area contributed by atoms with Crippen LogP contribution in [-0.4, -0.2) is 87.6 Å². The summed E-state index contributed by atoms with van der Waals surface area (Å²) in [6, 6.07) is 0. The Labute approximate surface area is 145 Å². The molecular formula is C16H26O9. The summed E-state index contributed by atoms with van der Waals surface area (Å²) in [4.78, 5) is 11.3. The van der Waals surface area contributed by atoms with Crippen molar-refractivity contribution in [3.63, 3.8) is 0 Å². The van der Waals surface area contributed by atoms with Crippen molar-refractivity contribution in [1.29, 1.82) is 0 Å². The van der Waals surface area contributed by atoms with Crippen LogP contribution >= 0.6 is 0 Å². The predicted octanol–water partition coefficient (Wildman–Crippen LogP) is -2.25. The van der Waals surface area contributed by atoms with Crippen LogP contribution in [0.25, 0.3) is 0 Å². The molecule has 0 radical (unpaired) electrons. The van der Waals surface area contributed by atoms with Crippen LogP contribution in [0.4, 0.5) is 0 Å². The monoisotopic (exact) mass is 362 g/mol. The van der Waals surface area contributed by atoms with Crippen LogP contribution in [0.15, 0.2) is 0 Å². The van der Waals surface area contributed by atoms with E-state index in [0.29, 0.717) is 19.1 Å². The van der Waals surface area contributed by atoms with Gasteiger partial charge in [0.25, 0.3) is 0 Å². The summed E-state index contributed by atoms with van der Waals surface area (Å²) in [5.41, 5.74) is -1.25. The van der Waals surface area contributed by atoms with Gasteiger partial charge in [0.2, 0.25) is 0 Å². The molecule has 0 bridgehead atoms. The maximum absolute atomic E-state index is 11.3. The highest BCUT2D eigenvalue weighted by molar-refractivity contribution is 5.56. The van der Waals surface area contributed by atoms with E-state index in [4.69, 9.17) is 14.2 Å². The molecule has 0 aromatic heterocycles. The maximum Gasteiger partial charge on any atom is 0.189 e. The van der Waals surface area contributed by atoms with Gasteiger partial charge in [-0.2, -0.15) is 0 Å². The summed E-state index contributed by atoms with van der Waals surface area (Å²) >= 11 is 0. The minimum absolute atomic E-state index is 0.0163. The second-order valence-corrected chi connectivity index (χ2v) is 7.31. The number of ether oxygens (including phenoxy) is 3. The van der Waals surface area contributed by atoms with Gasteiger partial charge in [0.1, 0.15) is 30.7 Å². The smallest absolute Gasteiger partial charge is 0.189 e. The summed E-state index contributed by atoms with van der Waals surface area (Å²) in [6.07, 6.45) is -6.12. The molecule has 144 valence electrons. The van der Waals surface area contributed by atoms with E-state index in [2.05, 4.69) is 0 Å². The third kappa shape index (κ3) is 3.13. The molecule has 0 aromatic rings. The van der Waals surface area contributed by atoms with Crippen LogP contribution < -0.4 is 0 Å². The number of carbonyl (C=O) groups excluding carboxylic acids is 1. The molecule has 3 rings (SSSR count). The molecule has 25 heavy (non-hydrogen) atoms. The largest absolute Gasteiger partial charge is 0.394 e. The van der Waals surface area contributed by atoms with E-state index in [1.54, 1.807) is 0 Å². The van der Waals surface area contributed by atoms with E-state index >= 15 is 0 Å². The number of aliphatic hydroxyl groups is 5. The first kappa shape index (κ1) is 19.1. The molecule has 0 amide bonds. The Kier molecular flexibility index (Phi) is 5.48. The van der Waals surface area contributed by atoms with Gasteiger partial charge in [-0.1, -0.05) is 6.92 Å². The Morgan fingerprint density at radius 3 is 2.56 bits per heavy atom. The molecule has 9 nitrogen and oxygen atoms in total. The molecule has 9 heteroatoms. The summed E-state index contributed by atoms with van der Waals surface area (Å²) in [5, 5.41) is 50.0. The molecule has 2 aliphatic heterocycles. The van der Waals surface area contributed by atoms with E-state index < -0.39 is 61.0 Å². The molecule has 0 aromatic carbocycles. The second kappa shape index (κ2) is 7.16. The van der Waals surface area contributed by atoms with Crippen LogP contribution in [0.2, 0.25) is 0 Å². The Bertz CT molecular complexity index is 486. The predicted molar refractivity (Wildman–Crippen MR) is 81.0 cm³/mol. The maximum atomic E-state index is 11.3. The van der Waals surface area contributed by atoms with E-state index in [1.807, 2.05) is 6.92 Å². The van der Waals surface area contributed by atoms with Crippen LogP contribution in [0.5, 0.6) is 0 Å². The lowest BCUT2D eigenvalue weighted by molar-refractivity contribution is -0.363. The summed E-state index contributed by atoms with van der Waals surface area (Å²) in [6.45, 7) is 1.33. The number of carbonyl (C=O) groups is 1. The topological polar surface area (TPSA) is 146 Å². The van der Waals surface area contributed by atoms with Gasteiger partial charge in [-0.25, -0.2) is 0 Å². The molecule has 3 aliphatic rings. The average molecular weight is 362 g/mol. The lowest BCUT2D eigenvalue weighted by Gasteiger charge is -2.47. The van der Waals surface area contributed by atoms with E-state index in [9.17, 15) is 30.3 Å². The molecule has 3 fully saturated rings. The second-order valence-electron chi connectivity index (χ2n) is 7.31. The molecule has 0 unspecified atom stereocenters. The zero-order chi connectivity index (χ0) is 18.4. The zero-order valence-corrected chi connectivity index (χ0v) is 14.0. The van der Waals surface area contributed by atoms with Gasteiger partial charge in [-0.3, -0.25) is 0 Å². The van der Waals surface area contributed by atoms with Crippen LogP contribution in [-0.2, 0) is 19.0 Å². The van der Waals surface area contributed by atoms with Crippen molar-refractivity contribution in [2.24, 2.45) is 17.8 Å². The first-order valence-corrected chi connectivity index (χ1v) is 8.58. The molecule has 1 saturated carbocycles. The van der Waals surface area contributed by atoms with Crippen molar-refractivity contribution in [3.8, 4) is 0 Å². The van der Waals surface area contributed by atoms with Crippen molar-refractivity contribution >= 4 is 6.29 Å². The summed E-state index contributed by atoms with van der Waals surface area (Å²) in [7, 11) is 0. The molecular weight excluding hydrogens is 336 g/mol. The molecule has 2 saturated heterocycles. The van der Waals surface area contributed by atoms with Gasteiger partial charge >= 0.3 is 0 Å². The van der Waals surface area contributed by atoms with E-state index in [1.165, 1.54) is 0 Å². The highest BCUT2D eigenvalue weighted by Crippen LogP contribution is 2.50. The van der Waals surface area contributed by atoms with Gasteiger partial charge in [0.15, 0.2) is 12.6 Å². The minimum atomic E-state index is -1.55. The highest BCUT2D eigenvalue weighted by atomic mass is 16.8. The third-order valence-electron chi connectivity index (χ3n) is 5.85. The average Bonchev–Trinajstić information content (AvgIpc) is 2.91. The molecule has 1 aliphatic carbocycles. The minimum Gasteiger partial charge on any atom is -0.394 e. The first-order chi connectivity index (χ1) is 11.8. The van der Waals surface area contributed by atoms with Gasteiger partial charge in [0, 0.05) is 5.92 Å². The fourth-order valence-electron chi connectivity index (χ4n) is 4.27. The molecule has 10 atom stereocenters. The number of aldehydes is 1. The van der Waals surface area contributed by atoms with Crippen molar-refractivity contribution in [2.45, 2.75) is 62.4 Å². The number of aliphatic hydroxyl groups excluding tert-OH is 4. The van der Waals surface area contributed by atoms with Gasteiger partial charge < -0.3 is 44.5 Å². The van der Waals surface area contributed by atoms with Gasteiger partial charge in [-0.15, -0.1) is 0 Å². The fraction of sp³-hybridized carbons (Fsp3) is 0.938. The van der Waals surface area contributed by atoms with Gasteiger partial charge in [-0.05, 0) is 18.8 Å². The zero-order valence-electron chi connectivity index (χ0n) is 14.0. The summed E-state index contributed by atoms with van der Waals surface area (Å²) in [5.74, 6) is -1.14. The Morgan fingerprint density at radius 1 is 1.20 bits per heavy atom. The number of rotatable bonds is 4. The lowest BCUT2D eigenvalue weighted by atomic mass is 9.75. The first-order valence-electron chi connectivity index (χ1n) is 8.58. The van der Waals surface area contributed by atoms with Crippen molar-refractivity contribution in [2.75, 3.05) is 13.2 Å². The normalized spacial score (nSPS) is 53.4. The van der Waals surface area contributed by atoms with E-state index in [0.717, 1.165) is 0 Å². The standard InChI is InChI=1S/C16H26O9/c1-7-2-3-16(22)8(4-17)6-23-14(10(7)16)25-15-13(21)12(20)11(19)9(5-18)24-15/h4,7-15,18-22H,2-3,5-6H2,1H3/t7-,8-,9-,10+,11-,12+,13-,14+,15+,16+/m1/s1. The Morgan fingerprint density at radius 2 is 1.92 bits per heavy atom. The SMILES string of the molecule is C[C@@H]1CC[C@@]2(O)[C@@H]1[C@H](O[C@@H]1O[C@H](CO)[C@@H](O)[C@H](O)[C@H]1O)OC[C@H]2C=O. The molecule has 0 spiro atoms. The Hall–Kier alpha value is -0.650. The lowest BCUT2D eigenvalue weighted by Crippen LogP contribution is -2.62. The Balaban J connectivity index is 1.77. The van der Waals surface area contributed by atoms with E-state index in [-0.39, 0.29) is 12.5 Å². The van der Waals surface area contributed by atoms with Crippen LogP contribution in [0, 0.1) is 17.8 Å². The fourth-order valence-corrected chi connectivity index (χ4v) is 4.27. The van der Waals surface area contributed by atoms with Gasteiger partial charge in [0.05, 0.1) is 24.7 Å². The van der Waals surface area contributed by atoms with Crippen molar-refractivity contribution < 1.29 is 44.5 Å². The summed E-state index contributed by atoms with van der Waals surface area (Å²) < 4.78 is 16.6. The van der Waals surface area contributed by atoms with Crippen molar-refractivity contribution in [3.05, 3.63) is 0 Å². The highest BCUT2D eigenvalue weighted by Gasteiger charge is 2.58. The van der Waals surface area contributed by atoms with Crippen molar-refractivity contribution in [1.82, 2.24) is 0 Å². The van der Waals surface area contributed by atoms with Crippen LogP contribution in [0.1, 0.15) is 19.8 Å². The number of hydrogen-bond donors (Lipinski definition) is 5. The molecule has 2 heterocycles.